The van der Waals surface area contributed by atoms with E-state index in [2.05, 4.69) is 10.6 Å². The van der Waals surface area contributed by atoms with Crippen LogP contribution in [0.5, 0.6) is 5.75 Å². The molecule has 0 saturated carbocycles. The van der Waals surface area contributed by atoms with Gasteiger partial charge < -0.3 is 20.3 Å². The van der Waals surface area contributed by atoms with Crippen LogP contribution in [0, 0.1) is 5.92 Å². The van der Waals surface area contributed by atoms with Gasteiger partial charge in [0.1, 0.15) is 5.75 Å². The lowest BCUT2D eigenvalue weighted by atomic mass is 9.97. The third-order valence-electron chi connectivity index (χ3n) is 4.32. The Kier molecular flexibility index (Phi) is 6.90. The number of urea groups is 1. The molecule has 1 heterocycles. The molecular weight excluding hydrogens is 306 g/mol. The lowest BCUT2D eigenvalue weighted by molar-refractivity contribution is -0.121. The second-order valence-corrected chi connectivity index (χ2v) is 6.11. The Hall–Kier alpha value is -2.24. The van der Waals surface area contributed by atoms with Gasteiger partial charge in [0.15, 0.2) is 0 Å². The molecule has 0 spiro atoms. The van der Waals surface area contributed by atoms with Crippen LogP contribution in [0.4, 0.5) is 10.5 Å². The number of anilines is 1. The van der Waals surface area contributed by atoms with Gasteiger partial charge in [-0.1, -0.05) is 19.1 Å². The number of piperidine rings is 1. The van der Waals surface area contributed by atoms with E-state index in [-0.39, 0.29) is 11.9 Å². The number of carbonyl (C=O) groups is 2. The quantitative estimate of drug-likeness (QED) is 0.841. The van der Waals surface area contributed by atoms with Gasteiger partial charge in [0.25, 0.3) is 0 Å². The second-order valence-electron chi connectivity index (χ2n) is 6.11. The maximum Gasteiger partial charge on any atom is 0.321 e. The molecule has 0 aliphatic carbocycles. The zero-order chi connectivity index (χ0) is 17.4. The van der Waals surface area contributed by atoms with E-state index in [1.807, 2.05) is 36.1 Å². The van der Waals surface area contributed by atoms with E-state index in [9.17, 15) is 9.59 Å². The number of carbonyl (C=O) groups excluding carboxylic acids is 2. The summed E-state index contributed by atoms with van der Waals surface area (Å²) in [5, 5.41) is 5.88. The molecule has 1 fully saturated rings. The molecule has 132 valence electrons. The van der Waals surface area contributed by atoms with Crippen molar-refractivity contribution in [3.63, 3.8) is 0 Å². The zero-order valence-electron chi connectivity index (χ0n) is 14.5. The fourth-order valence-electron chi connectivity index (χ4n) is 2.86. The second kappa shape index (κ2) is 9.15. The highest BCUT2D eigenvalue weighted by Gasteiger charge is 2.23. The maximum absolute atomic E-state index is 12.4. The number of hydrogen-bond acceptors (Lipinski definition) is 3. The van der Waals surface area contributed by atoms with E-state index in [1.165, 1.54) is 0 Å². The normalized spacial score (nSPS) is 15.0. The Morgan fingerprint density at radius 1 is 1.25 bits per heavy atom. The first-order valence-electron chi connectivity index (χ1n) is 8.59. The van der Waals surface area contributed by atoms with Gasteiger partial charge in [-0.15, -0.1) is 0 Å². The average molecular weight is 333 g/mol. The first-order valence-corrected chi connectivity index (χ1v) is 8.59. The summed E-state index contributed by atoms with van der Waals surface area (Å²) in [6, 6.07) is 7.27. The van der Waals surface area contributed by atoms with Crippen molar-refractivity contribution in [2.45, 2.75) is 32.6 Å². The van der Waals surface area contributed by atoms with Crippen molar-refractivity contribution in [1.82, 2.24) is 10.2 Å². The molecule has 24 heavy (non-hydrogen) atoms. The third kappa shape index (κ3) is 5.15. The van der Waals surface area contributed by atoms with Crippen molar-refractivity contribution in [3.8, 4) is 5.75 Å². The third-order valence-corrected chi connectivity index (χ3v) is 4.32. The predicted octanol–water partition coefficient (Wildman–Crippen LogP) is 2.86. The van der Waals surface area contributed by atoms with Crippen molar-refractivity contribution in [2.75, 3.05) is 32.1 Å². The van der Waals surface area contributed by atoms with Crippen LogP contribution in [0.25, 0.3) is 0 Å². The smallest absolute Gasteiger partial charge is 0.321 e. The van der Waals surface area contributed by atoms with Crippen molar-refractivity contribution >= 4 is 17.6 Å². The van der Waals surface area contributed by atoms with Crippen LogP contribution in [-0.2, 0) is 4.79 Å². The number of rotatable bonds is 6. The van der Waals surface area contributed by atoms with Gasteiger partial charge >= 0.3 is 6.03 Å². The van der Waals surface area contributed by atoms with Crippen LogP contribution in [0.1, 0.15) is 32.6 Å². The van der Waals surface area contributed by atoms with Gasteiger partial charge in [-0.25, -0.2) is 4.79 Å². The van der Waals surface area contributed by atoms with E-state index < -0.39 is 0 Å². The van der Waals surface area contributed by atoms with E-state index in [1.54, 1.807) is 7.11 Å². The minimum atomic E-state index is -0.104. The van der Waals surface area contributed by atoms with E-state index in [4.69, 9.17) is 4.74 Å². The van der Waals surface area contributed by atoms with Crippen molar-refractivity contribution in [2.24, 2.45) is 5.92 Å². The van der Waals surface area contributed by atoms with Crippen LogP contribution in [-0.4, -0.2) is 43.6 Å². The molecule has 0 bridgehead atoms. The van der Waals surface area contributed by atoms with Gasteiger partial charge in [-0.05, 0) is 37.3 Å². The monoisotopic (exact) mass is 333 g/mol. The number of methoxy groups -OCH3 is 1. The Labute approximate surface area is 143 Å². The molecule has 2 rings (SSSR count). The summed E-state index contributed by atoms with van der Waals surface area (Å²) in [6.45, 7) is 4.11. The van der Waals surface area contributed by atoms with Gasteiger partial charge in [0.05, 0.1) is 12.8 Å². The first kappa shape index (κ1) is 18.1. The van der Waals surface area contributed by atoms with Gasteiger partial charge in [-0.3, -0.25) is 4.79 Å². The van der Waals surface area contributed by atoms with Gasteiger partial charge in [0.2, 0.25) is 5.91 Å². The van der Waals surface area contributed by atoms with E-state index >= 15 is 0 Å². The largest absolute Gasteiger partial charge is 0.495 e. The number of ether oxygens (including phenoxy) is 1. The Morgan fingerprint density at radius 2 is 1.96 bits per heavy atom. The van der Waals surface area contributed by atoms with Crippen molar-refractivity contribution in [3.05, 3.63) is 24.3 Å². The summed E-state index contributed by atoms with van der Waals surface area (Å²) in [7, 11) is 1.59. The predicted molar refractivity (Wildman–Crippen MR) is 94.2 cm³/mol. The minimum absolute atomic E-state index is 0.104. The van der Waals surface area contributed by atoms with Crippen LogP contribution in [0.3, 0.4) is 0 Å². The molecule has 1 saturated heterocycles. The topological polar surface area (TPSA) is 70.7 Å². The number of amides is 3. The first-order chi connectivity index (χ1) is 11.6. The highest BCUT2D eigenvalue weighted by atomic mass is 16.5. The van der Waals surface area contributed by atoms with Crippen LogP contribution in [0.15, 0.2) is 24.3 Å². The number of nitrogens with zero attached hydrogens (tertiary/aromatic N) is 1. The highest BCUT2D eigenvalue weighted by Crippen LogP contribution is 2.24. The summed E-state index contributed by atoms with van der Waals surface area (Å²) in [6.07, 6.45) is 3.27. The standard InChI is InChI=1S/C18H27N3O3/c1-3-6-17(22)19-13-14-9-11-21(12-10-14)18(23)20-15-7-4-5-8-16(15)24-2/h4-5,7-8,14H,3,6,9-13H2,1-2H3,(H,19,22)(H,20,23). The molecule has 0 unspecified atom stereocenters. The molecular formula is C18H27N3O3. The number of nitrogens with one attached hydrogen (secondary N) is 2. The summed E-state index contributed by atoms with van der Waals surface area (Å²) in [5.74, 6) is 1.22. The number of hydrogen-bond donors (Lipinski definition) is 2. The summed E-state index contributed by atoms with van der Waals surface area (Å²) >= 11 is 0. The lowest BCUT2D eigenvalue weighted by Gasteiger charge is -2.32. The fraction of sp³-hybridized carbons (Fsp3) is 0.556. The zero-order valence-corrected chi connectivity index (χ0v) is 14.5. The lowest BCUT2D eigenvalue weighted by Crippen LogP contribution is -2.43. The maximum atomic E-state index is 12.4. The molecule has 1 aromatic carbocycles. The number of likely N-dealkylation sites (tertiary alicyclic amines) is 1. The molecule has 6 heteroatoms. The number of benzene rings is 1. The molecule has 1 aliphatic rings. The van der Waals surface area contributed by atoms with Crippen LogP contribution < -0.4 is 15.4 Å². The molecule has 0 aromatic heterocycles. The van der Waals surface area contributed by atoms with Gasteiger partial charge in [-0.2, -0.15) is 0 Å². The van der Waals surface area contributed by atoms with Crippen LogP contribution >= 0.6 is 0 Å². The van der Waals surface area contributed by atoms with E-state index in [0.29, 0.717) is 43.4 Å². The SMILES string of the molecule is CCCC(=O)NCC1CCN(C(=O)Nc2ccccc2OC)CC1. The number of para-hydroxylation sites is 2. The highest BCUT2D eigenvalue weighted by molar-refractivity contribution is 5.91. The summed E-state index contributed by atoms with van der Waals surface area (Å²) in [4.78, 5) is 25.7. The summed E-state index contributed by atoms with van der Waals surface area (Å²) in [5.41, 5.74) is 0.680. The summed E-state index contributed by atoms with van der Waals surface area (Å²) < 4.78 is 5.25. The van der Waals surface area contributed by atoms with Crippen LogP contribution in [0.2, 0.25) is 0 Å². The Balaban J connectivity index is 1.77. The molecule has 2 N–H and O–H groups in total. The minimum Gasteiger partial charge on any atom is -0.495 e. The fourth-order valence-corrected chi connectivity index (χ4v) is 2.86. The molecule has 3 amide bonds. The van der Waals surface area contributed by atoms with Crippen molar-refractivity contribution < 1.29 is 14.3 Å². The van der Waals surface area contributed by atoms with Gasteiger partial charge in [0, 0.05) is 26.1 Å². The van der Waals surface area contributed by atoms with E-state index in [0.717, 1.165) is 19.3 Å². The Morgan fingerprint density at radius 3 is 2.62 bits per heavy atom. The molecule has 1 aliphatic heterocycles. The molecule has 0 radical (unpaired) electrons. The molecule has 1 aromatic rings. The Bertz CT molecular complexity index is 554. The van der Waals surface area contributed by atoms with Crippen molar-refractivity contribution in [1.29, 1.82) is 0 Å². The molecule has 0 atom stereocenters. The molecule has 6 nitrogen and oxygen atoms in total. The average Bonchev–Trinajstić information content (AvgIpc) is 2.61.